The lowest BCUT2D eigenvalue weighted by molar-refractivity contribution is -0.130. The van der Waals surface area contributed by atoms with E-state index in [1.807, 2.05) is 13.8 Å². The lowest BCUT2D eigenvalue weighted by Gasteiger charge is -2.25. The maximum atomic E-state index is 12.0. The summed E-state index contributed by atoms with van der Waals surface area (Å²) in [6.07, 6.45) is 2.01. The van der Waals surface area contributed by atoms with Crippen molar-refractivity contribution in [2.45, 2.75) is 39.2 Å². The predicted molar refractivity (Wildman–Crippen MR) is 59.5 cm³/mol. The molecule has 1 saturated heterocycles. The molecule has 0 saturated carbocycles. The van der Waals surface area contributed by atoms with Gasteiger partial charge in [0.1, 0.15) is 0 Å². The Morgan fingerprint density at radius 1 is 1.60 bits per heavy atom. The van der Waals surface area contributed by atoms with Gasteiger partial charge in [-0.2, -0.15) is 0 Å². The molecule has 0 radical (unpaired) electrons. The minimum atomic E-state index is -0.419. The summed E-state index contributed by atoms with van der Waals surface area (Å²) < 4.78 is 0. The van der Waals surface area contributed by atoms with Crippen LogP contribution in [0.5, 0.6) is 0 Å². The molecule has 1 rings (SSSR count). The molecule has 15 heavy (non-hydrogen) atoms. The lowest BCUT2D eigenvalue weighted by Crippen LogP contribution is -2.44. The molecule has 0 aromatic rings. The van der Waals surface area contributed by atoms with Gasteiger partial charge in [-0.1, -0.05) is 13.8 Å². The second kappa shape index (κ2) is 5.47. The number of carbonyl (C=O) groups excluding carboxylic acids is 1. The first-order chi connectivity index (χ1) is 7.14. The van der Waals surface area contributed by atoms with E-state index in [2.05, 4.69) is 10.6 Å². The quantitative estimate of drug-likeness (QED) is 0.615. The second-order valence-corrected chi connectivity index (χ2v) is 4.33. The number of carbonyl (C=O) groups is 1. The van der Waals surface area contributed by atoms with Crippen LogP contribution < -0.4 is 10.6 Å². The number of rotatable bonds is 5. The van der Waals surface area contributed by atoms with E-state index < -0.39 is 6.10 Å². The van der Waals surface area contributed by atoms with Gasteiger partial charge < -0.3 is 15.7 Å². The van der Waals surface area contributed by atoms with Crippen LogP contribution in [0.3, 0.4) is 0 Å². The number of aliphatic hydroxyl groups excluding tert-OH is 1. The van der Waals surface area contributed by atoms with E-state index >= 15 is 0 Å². The Kier molecular flexibility index (Phi) is 4.54. The summed E-state index contributed by atoms with van der Waals surface area (Å²) >= 11 is 0. The fraction of sp³-hybridized carbons (Fsp3) is 0.909. The van der Waals surface area contributed by atoms with Crippen molar-refractivity contribution in [2.75, 3.05) is 19.6 Å². The monoisotopic (exact) mass is 214 g/mol. The Morgan fingerprint density at radius 2 is 2.33 bits per heavy atom. The van der Waals surface area contributed by atoms with Crippen molar-refractivity contribution in [3.63, 3.8) is 0 Å². The highest BCUT2D eigenvalue weighted by Gasteiger charge is 2.39. The van der Waals surface area contributed by atoms with Gasteiger partial charge in [-0.3, -0.25) is 4.79 Å². The summed E-state index contributed by atoms with van der Waals surface area (Å²) in [6, 6.07) is 0. The molecule has 1 aliphatic rings. The van der Waals surface area contributed by atoms with Crippen molar-refractivity contribution >= 4 is 5.91 Å². The van der Waals surface area contributed by atoms with Crippen LogP contribution in [-0.2, 0) is 4.79 Å². The van der Waals surface area contributed by atoms with Gasteiger partial charge in [0, 0.05) is 13.1 Å². The fourth-order valence-corrected chi connectivity index (χ4v) is 1.94. The summed E-state index contributed by atoms with van der Waals surface area (Å²) in [5.41, 5.74) is -0.243. The van der Waals surface area contributed by atoms with Gasteiger partial charge in [-0.05, 0) is 25.8 Å². The summed E-state index contributed by atoms with van der Waals surface area (Å²) in [6.45, 7) is 6.00. The van der Waals surface area contributed by atoms with Crippen LogP contribution in [0.25, 0.3) is 0 Å². The third kappa shape index (κ3) is 2.92. The molecule has 1 fully saturated rings. The molecule has 88 valence electrons. The molecule has 3 N–H and O–H groups in total. The Bertz CT molecular complexity index is 213. The van der Waals surface area contributed by atoms with Crippen molar-refractivity contribution in [3.05, 3.63) is 0 Å². The number of amides is 1. The third-order valence-electron chi connectivity index (χ3n) is 3.37. The second-order valence-electron chi connectivity index (χ2n) is 4.33. The van der Waals surface area contributed by atoms with Crippen LogP contribution in [0.4, 0.5) is 0 Å². The first-order valence-electron chi connectivity index (χ1n) is 5.81. The molecule has 0 aromatic carbocycles. The summed E-state index contributed by atoms with van der Waals surface area (Å²) in [4.78, 5) is 12.0. The van der Waals surface area contributed by atoms with Gasteiger partial charge in [-0.25, -0.2) is 0 Å². The zero-order valence-electron chi connectivity index (χ0n) is 9.68. The van der Waals surface area contributed by atoms with Crippen LogP contribution in [0.1, 0.15) is 33.1 Å². The van der Waals surface area contributed by atoms with Gasteiger partial charge >= 0.3 is 0 Å². The van der Waals surface area contributed by atoms with Gasteiger partial charge in [0.05, 0.1) is 11.5 Å². The van der Waals surface area contributed by atoms with Crippen molar-refractivity contribution in [3.8, 4) is 0 Å². The molecule has 2 unspecified atom stereocenters. The first kappa shape index (κ1) is 12.5. The SMILES string of the molecule is CCC(O)CNC(=O)C1(CC)CCNC1. The van der Waals surface area contributed by atoms with E-state index in [1.165, 1.54) is 0 Å². The summed E-state index contributed by atoms with van der Waals surface area (Å²) in [5, 5.41) is 15.4. The Balaban J connectivity index is 2.44. The Hall–Kier alpha value is -0.610. The zero-order valence-corrected chi connectivity index (χ0v) is 9.68. The number of aliphatic hydroxyl groups is 1. The minimum absolute atomic E-state index is 0.0856. The number of nitrogens with one attached hydrogen (secondary N) is 2. The highest BCUT2D eigenvalue weighted by molar-refractivity contribution is 5.83. The zero-order chi connectivity index (χ0) is 11.3. The van der Waals surface area contributed by atoms with Gasteiger partial charge in [-0.15, -0.1) is 0 Å². The van der Waals surface area contributed by atoms with Gasteiger partial charge in [0.2, 0.25) is 5.91 Å². The van der Waals surface area contributed by atoms with E-state index in [4.69, 9.17) is 0 Å². The smallest absolute Gasteiger partial charge is 0.227 e. The molecule has 0 bridgehead atoms. The van der Waals surface area contributed by atoms with Crippen molar-refractivity contribution in [2.24, 2.45) is 5.41 Å². The summed E-state index contributed by atoms with van der Waals surface area (Å²) in [5.74, 6) is 0.0856. The van der Waals surface area contributed by atoms with Crippen LogP contribution in [0.2, 0.25) is 0 Å². The topological polar surface area (TPSA) is 61.4 Å². The van der Waals surface area contributed by atoms with Gasteiger partial charge in [0.15, 0.2) is 0 Å². The Labute approximate surface area is 91.4 Å². The standard InChI is InChI=1S/C11H22N2O2/c1-3-9(14)7-13-10(15)11(4-2)5-6-12-8-11/h9,12,14H,3-8H2,1-2H3,(H,13,15). The van der Waals surface area contributed by atoms with E-state index in [1.54, 1.807) is 0 Å². The molecule has 1 aliphatic heterocycles. The molecule has 4 nitrogen and oxygen atoms in total. The number of hydrogen-bond donors (Lipinski definition) is 3. The molecular weight excluding hydrogens is 192 g/mol. The average Bonchev–Trinajstić information content (AvgIpc) is 2.75. The van der Waals surface area contributed by atoms with E-state index in [0.29, 0.717) is 13.0 Å². The van der Waals surface area contributed by atoms with Crippen molar-refractivity contribution in [1.29, 1.82) is 0 Å². The first-order valence-corrected chi connectivity index (χ1v) is 5.81. The van der Waals surface area contributed by atoms with Crippen molar-refractivity contribution < 1.29 is 9.90 Å². The largest absolute Gasteiger partial charge is 0.391 e. The van der Waals surface area contributed by atoms with E-state index in [0.717, 1.165) is 25.9 Å². The van der Waals surface area contributed by atoms with Crippen LogP contribution >= 0.6 is 0 Å². The maximum absolute atomic E-state index is 12.0. The third-order valence-corrected chi connectivity index (χ3v) is 3.37. The summed E-state index contributed by atoms with van der Waals surface area (Å²) in [7, 11) is 0. The molecule has 1 heterocycles. The van der Waals surface area contributed by atoms with E-state index in [9.17, 15) is 9.90 Å². The average molecular weight is 214 g/mol. The lowest BCUT2D eigenvalue weighted by atomic mass is 9.83. The maximum Gasteiger partial charge on any atom is 0.227 e. The molecule has 0 spiro atoms. The normalized spacial score (nSPS) is 27.7. The highest BCUT2D eigenvalue weighted by Crippen LogP contribution is 2.29. The molecule has 0 aliphatic carbocycles. The molecular formula is C11H22N2O2. The van der Waals surface area contributed by atoms with Gasteiger partial charge in [0.25, 0.3) is 0 Å². The van der Waals surface area contributed by atoms with E-state index in [-0.39, 0.29) is 11.3 Å². The number of hydrogen-bond acceptors (Lipinski definition) is 3. The molecule has 1 amide bonds. The molecule has 0 aromatic heterocycles. The van der Waals surface area contributed by atoms with Crippen LogP contribution in [0.15, 0.2) is 0 Å². The molecule has 2 atom stereocenters. The molecule has 4 heteroatoms. The van der Waals surface area contributed by atoms with Crippen LogP contribution in [0, 0.1) is 5.41 Å². The van der Waals surface area contributed by atoms with Crippen LogP contribution in [-0.4, -0.2) is 36.8 Å². The van der Waals surface area contributed by atoms with Crippen molar-refractivity contribution in [1.82, 2.24) is 10.6 Å². The predicted octanol–water partition coefficient (Wildman–Crippen LogP) is 0.263. The Morgan fingerprint density at radius 3 is 2.80 bits per heavy atom. The minimum Gasteiger partial charge on any atom is -0.391 e. The highest BCUT2D eigenvalue weighted by atomic mass is 16.3. The fourth-order valence-electron chi connectivity index (χ4n) is 1.94.